The SMILES string of the molecule is CCC(N)c1cccc(Oc2cccc3cccnc23)c1. The number of pyridine rings is 1. The van der Waals surface area contributed by atoms with Crippen LogP contribution in [0.1, 0.15) is 24.9 Å². The number of rotatable bonds is 4. The summed E-state index contributed by atoms with van der Waals surface area (Å²) in [4.78, 5) is 4.40. The molecule has 1 unspecified atom stereocenters. The third-order valence-corrected chi connectivity index (χ3v) is 3.55. The quantitative estimate of drug-likeness (QED) is 0.767. The van der Waals surface area contributed by atoms with Crippen molar-refractivity contribution < 1.29 is 4.74 Å². The lowest BCUT2D eigenvalue weighted by atomic mass is 10.1. The average Bonchev–Trinajstić information content (AvgIpc) is 2.55. The molecule has 0 spiro atoms. The molecule has 0 fully saturated rings. The first-order valence-corrected chi connectivity index (χ1v) is 7.15. The van der Waals surface area contributed by atoms with Gasteiger partial charge in [-0.15, -0.1) is 0 Å². The minimum absolute atomic E-state index is 0.0409. The van der Waals surface area contributed by atoms with E-state index < -0.39 is 0 Å². The number of fused-ring (bicyclic) bond motifs is 1. The lowest BCUT2D eigenvalue weighted by Crippen LogP contribution is -2.08. The van der Waals surface area contributed by atoms with E-state index in [2.05, 4.69) is 11.9 Å². The van der Waals surface area contributed by atoms with Gasteiger partial charge in [0.2, 0.25) is 0 Å². The second-order valence-electron chi connectivity index (χ2n) is 5.02. The molecule has 3 heteroatoms. The van der Waals surface area contributed by atoms with E-state index in [1.807, 2.05) is 54.6 Å². The van der Waals surface area contributed by atoms with Crippen LogP contribution in [0.3, 0.4) is 0 Å². The van der Waals surface area contributed by atoms with Crippen molar-refractivity contribution in [2.75, 3.05) is 0 Å². The number of ether oxygens (including phenoxy) is 1. The lowest BCUT2D eigenvalue weighted by molar-refractivity contribution is 0.485. The molecule has 0 bridgehead atoms. The maximum Gasteiger partial charge on any atom is 0.153 e. The molecule has 0 radical (unpaired) electrons. The Hall–Kier alpha value is -2.39. The number of hydrogen-bond donors (Lipinski definition) is 1. The van der Waals surface area contributed by atoms with Gasteiger partial charge in [0.15, 0.2) is 5.75 Å². The Morgan fingerprint density at radius 2 is 1.90 bits per heavy atom. The minimum Gasteiger partial charge on any atom is -0.455 e. The van der Waals surface area contributed by atoms with Gasteiger partial charge in [-0.25, -0.2) is 0 Å². The Morgan fingerprint density at radius 3 is 2.76 bits per heavy atom. The van der Waals surface area contributed by atoms with Crippen LogP contribution < -0.4 is 10.5 Å². The van der Waals surface area contributed by atoms with Crippen LogP contribution >= 0.6 is 0 Å². The van der Waals surface area contributed by atoms with Crippen molar-refractivity contribution in [1.82, 2.24) is 4.98 Å². The molecule has 1 atom stereocenters. The van der Waals surface area contributed by atoms with E-state index in [1.54, 1.807) is 6.20 Å². The van der Waals surface area contributed by atoms with Crippen LogP contribution in [0, 0.1) is 0 Å². The molecule has 0 saturated carbocycles. The zero-order valence-electron chi connectivity index (χ0n) is 12.0. The largest absolute Gasteiger partial charge is 0.455 e. The van der Waals surface area contributed by atoms with Gasteiger partial charge < -0.3 is 10.5 Å². The van der Waals surface area contributed by atoms with Gasteiger partial charge in [0.25, 0.3) is 0 Å². The highest BCUT2D eigenvalue weighted by molar-refractivity contribution is 5.84. The summed E-state index contributed by atoms with van der Waals surface area (Å²) in [5.41, 5.74) is 8.03. The molecule has 2 aromatic carbocycles. The monoisotopic (exact) mass is 278 g/mol. The fourth-order valence-electron chi connectivity index (χ4n) is 2.33. The first kappa shape index (κ1) is 13.6. The van der Waals surface area contributed by atoms with Crippen LogP contribution in [0.4, 0.5) is 0 Å². The first-order valence-electron chi connectivity index (χ1n) is 7.15. The van der Waals surface area contributed by atoms with Gasteiger partial charge in [0.1, 0.15) is 11.3 Å². The van der Waals surface area contributed by atoms with Crippen molar-refractivity contribution in [3.05, 3.63) is 66.4 Å². The van der Waals surface area contributed by atoms with Crippen molar-refractivity contribution >= 4 is 10.9 Å². The molecule has 21 heavy (non-hydrogen) atoms. The van der Waals surface area contributed by atoms with Gasteiger partial charge in [-0.1, -0.05) is 37.3 Å². The molecule has 0 aliphatic rings. The molecule has 3 aromatic rings. The molecular weight excluding hydrogens is 260 g/mol. The third kappa shape index (κ3) is 2.88. The summed E-state index contributed by atoms with van der Waals surface area (Å²) in [5.74, 6) is 1.55. The van der Waals surface area contributed by atoms with Crippen LogP contribution in [0.2, 0.25) is 0 Å². The predicted molar refractivity (Wildman–Crippen MR) is 85.5 cm³/mol. The van der Waals surface area contributed by atoms with Crippen LogP contribution in [0.25, 0.3) is 10.9 Å². The molecule has 1 heterocycles. The minimum atomic E-state index is 0.0409. The summed E-state index contributed by atoms with van der Waals surface area (Å²) in [7, 11) is 0. The summed E-state index contributed by atoms with van der Waals surface area (Å²) in [6, 6.07) is 17.9. The van der Waals surface area contributed by atoms with E-state index in [0.29, 0.717) is 0 Å². The lowest BCUT2D eigenvalue weighted by Gasteiger charge is -2.12. The number of para-hydroxylation sites is 1. The predicted octanol–water partition coefficient (Wildman–Crippen LogP) is 4.44. The number of hydrogen-bond acceptors (Lipinski definition) is 3. The molecule has 0 aliphatic carbocycles. The van der Waals surface area contributed by atoms with E-state index in [-0.39, 0.29) is 6.04 Å². The van der Waals surface area contributed by atoms with Gasteiger partial charge in [-0.3, -0.25) is 4.98 Å². The van der Waals surface area contributed by atoms with Gasteiger partial charge in [-0.05, 0) is 36.2 Å². The van der Waals surface area contributed by atoms with Crippen LogP contribution in [-0.4, -0.2) is 4.98 Å². The fourth-order valence-corrected chi connectivity index (χ4v) is 2.33. The second-order valence-corrected chi connectivity index (χ2v) is 5.02. The first-order chi connectivity index (χ1) is 10.3. The van der Waals surface area contributed by atoms with Crippen molar-refractivity contribution in [3.63, 3.8) is 0 Å². The zero-order valence-corrected chi connectivity index (χ0v) is 12.0. The number of nitrogens with two attached hydrogens (primary N) is 1. The highest BCUT2D eigenvalue weighted by atomic mass is 16.5. The Morgan fingerprint density at radius 1 is 1.10 bits per heavy atom. The third-order valence-electron chi connectivity index (χ3n) is 3.55. The van der Waals surface area contributed by atoms with Crippen LogP contribution in [0.5, 0.6) is 11.5 Å². The second kappa shape index (κ2) is 5.94. The smallest absolute Gasteiger partial charge is 0.153 e. The van der Waals surface area contributed by atoms with Crippen molar-refractivity contribution in [3.8, 4) is 11.5 Å². The van der Waals surface area contributed by atoms with Gasteiger partial charge in [-0.2, -0.15) is 0 Å². The maximum absolute atomic E-state index is 6.08. The molecular formula is C18H18N2O. The van der Waals surface area contributed by atoms with Crippen LogP contribution in [-0.2, 0) is 0 Å². The average molecular weight is 278 g/mol. The zero-order chi connectivity index (χ0) is 14.7. The summed E-state index contributed by atoms with van der Waals surface area (Å²) in [6.45, 7) is 2.08. The van der Waals surface area contributed by atoms with Crippen molar-refractivity contribution in [2.45, 2.75) is 19.4 Å². The Kier molecular flexibility index (Phi) is 3.84. The summed E-state index contributed by atoms with van der Waals surface area (Å²) < 4.78 is 6.01. The van der Waals surface area contributed by atoms with E-state index >= 15 is 0 Å². The molecule has 1 aromatic heterocycles. The molecule has 0 amide bonds. The van der Waals surface area contributed by atoms with Gasteiger partial charge in [0.05, 0.1) is 0 Å². The van der Waals surface area contributed by atoms with E-state index in [0.717, 1.165) is 34.4 Å². The number of aromatic nitrogens is 1. The van der Waals surface area contributed by atoms with Crippen molar-refractivity contribution in [2.24, 2.45) is 5.73 Å². The highest BCUT2D eigenvalue weighted by Crippen LogP contribution is 2.29. The van der Waals surface area contributed by atoms with Gasteiger partial charge in [0, 0.05) is 17.6 Å². The summed E-state index contributed by atoms with van der Waals surface area (Å²) in [6.07, 6.45) is 2.68. The molecule has 0 aliphatic heterocycles. The standard InChI is InChI=1S/C18H18N2O/c1-2-16(19)14-7-3-9-15(12-14)21-17-10-4-6-13-8-5-11-20-18(13)17/h3-12,16H,2,19H2,1H3. The van der Waals surface area contributed by atoms with Crippen LogP contribution in [0.15, 0.2) is 60.8 Å². The van der Waals surface area contributed by atoms with Gasteiger partial charge >= 0.3 is 0 Å². The Bertz CT molecular complexity index is 750. The normalized spacial score (nSPS) is 12.3. The van der Waals surface area contributed by atoms with E-state index in [9.17, 15) is 0 Å². The molecule has 2 N–H and O–H groups in total. The fraction of sp³-hybridized carbons (Fsp3) is 0.167. The van der Waals surface area contributed by atoms with Crippen molar-refractivity contribution in [1.29, 1.82) is 0 Å². The van der Waals surface area contributed by atoms with E-state index in [4.69, 9.17) is 10.5 Å². The molecule has 3 rings (SSSR count). The Balaban J connectivity index is 1.95. The molecule has 0 saturated heterocycles. The van der Waals surface area contributed by atoms with E-state index in [1.165, 1.54) is 0 Å². The number of nitrogens with zero attached hydrogens (tertiary/aromatic N) is 1. The maximum atomic E-state index is 6.08. The summed E-state index contributed by atoms with van der Waals surface area (Å²) in [5, 5.41) is 1.07. The summed E-state index contributed by atoms with van der Waals surface area (Å²) >= 11 is 0. The molecule has 106 valence electrons. The number of benzene rings is 2. The topological polar surface area (TPSA) is 48.1 Å². The highest BCUT2D eigenvalue weighted by Gasteiger charge is 2.07. The molecule has 3 nitrogen and oxygen atoms in total. The Labute approximate surface area is 124 Å².